The molecule has 2 aromatic carbocycles. The van der Waals surface area contributed by atoms with Crippen molar-refractivity contribution in [3.63, 3.8) is 0 Å². The van der Waals surface area contributed by atoms with Gasteiger partial charge in [-0.3, -0.25) is 0 Å². The van der Waals surface area contributed by atoms with Crippen LogP contribution in [0.15, 0.2) is 36.4 Å². The second-order valence-corrected chi connectivity index (χ2v) is 5.20. The fourth-order valence-electron chi connectivity index (χ4n) is 2.12. The first-order valence-corrected chi connectivity index (χ1v) is 6.79. The van der Waals surface area contributed by atoms with Crippen molar-refractivity contribution in [1.82, 2.24) is 0 Å². The van der Waals surface area contributed by atoms with Crippen LogP contribution in [0.5, 0.6) is 0 Å². The number of aryl methyl sites for hydroxylation is 2. The Balaban J connectivity index is 2.00. The van der Waals surface area contributed by atoms with Crippen LogP contribution in [0.1, 0.15) is 16.7 Å². The summed E-state index contributed by atoms with van der Waals surface area (Å²) in [5, 5.41) is 4.02. The average Bonchev–Trinajstić information content (AvgIpc) is 2.38. The van der Waals surface area contributed by atoms with E-state index >= 15 is 0 Å². The van der Waals surface area contributed by atoms with Gasteiger partial charge in [0.25, 0.3) is 0 Å². The van der Waals surface area contributed by atoms with E-state index < -0.39 is 0 Å². The highest BCUT2D eigenvalue weighted by Crippen LogP contribution is 2.26. The molecule has 0 heterocycles. The molecule has 0 aliphatic rings. The number of nitrogens with one attached hydrogen (secondary N) is 1. The van der Waals surface area contributed by atoms with Gasteiger partial charge in [0.05, 0.1) is 10.7 Å². The van der Waals surface area contributed by atoms with Crippen molar-refractivity contribution in [3.8, 4) is 0 Å². The van der Waals surface area contributed by atoms with Gasteiger partial charge in [-0.25, -0.2) is 0 Å². The second-order valence-electron chi connectivity index (χ2n) is 4.79. The van der Waals surface area contributed by atoms with Gasteiger partial charge in [0, 0.05) is 12.2 Å². The minimum Gasteiger partial charge on any atom is -0.398 e. The van der Waals surface area contributed by atoms with Crippen molar-refractivity contribution >= 4 is 23.0 Å². The molecule has 3 heteroatoms. The molecule has 0 aliphatic heterocycles. The Morgan fingerprint density at radius 3 is 2.58 bits per heavy atom. The zero-order valence-corrected chi connectivity index (χ0v) is 12.1. The fourth-order valence-corrected chi connectivity index (χ4v) is 2.28. The van der Waals surface area contributed by atoms with E-state index in [4.69, 9.17) is 17.3 Å². The molecule has 0 radical (unpaired) electrons. The lowest BCUT2D eigenvalue weighted by molar-refractivity contribution is 1.00. The number of rotatable bonds is 4. The highest BCUT2D eigenvalue weighted by molar-refractivity contribution is 6.33. The molecule has 0 bridgehead atoms. The van der Waals surface area contributed by atoms with Gasteiger partial charge >= 0.3 is 0 Å². The SMILES string of the molecule is Cc1ccccc1CCNc1cc(Cl)c(N)cc1C. The molecule has 2 nitrogen and oxygen atoms in total. The molecule has 0 saturated carbocycles. The van der Waals surface area contributed by atoms with Crippen LogP contribution in [0.25, 0.3) is 0 Å². The first-order chi connectivity index (χ1) is 9.08. The molecule has 0 saturated heterocycles. The van der Waals surface area contributed by atoms with E-state index in [0.717, 1.165) is 24.2 Å². The molecular weight excluding hydrogens is 256 g/mol. The Labute approximate surface area is 119 Å². The molecular formula is C16H19ClN2. The third-order valence-electron chi connectivity index (χ3n) is 3.31. The first kappa shape index (κ1) is 13.8. The monoisotopic (exact) mass is 274 g/mol. The smallest absolute Gasteiger partial charge is 0.0656 e. The Morgan fingerprint density at radius 1 is 1.11 bits per heavy atom. The van der Waals surface area contributed by atoms with Crippen molar-refractivity contribution in [3.05, 3.63) is 58.1 Å². The molecule has 0 amide bonds. The van der Waals surface area contributed by atoms with Crippen molar-refractivity contribution in [2.75, 3.05) is 17.6 Å². The van der Waals surface area contributed by atoms with Gasteiger partial charge in [0.15, 0.2) is 0 Å². The summed E-state index contributed by atoms with van der Waals surface area (Å²) in [6.07, 6.45) is 0.994. The Kier molecular flexibility index (Phi) is 4.33. The van der Waals surface area contributed by atoms with Crippen molar-refractivity contribution in [1.29, 1.82) is 0 Å². The largest absolute Gasteiger partial charge is 0.398 e. The second kappa shape index (κ2) is 5.98. The molecule has 2 rings (SSSR count). The number of halogens is 1. The maximum Gasteiger partial charge on any atom is 0.0656 e. The minimum atomic E-state index is 0.601. The third-order valence-corrected chi connectivity index (χ3v) is 3.64. The van der Waals surface area contributed by atoms with Crippen LogP contribution in [0.2, 0.25) is 5.02 Å². The molecule has 0 unspecified atom stereocenters. The van der Waals surface area contributed by atoms with E-state index in [1.165, 1.54) is 11.1 Å². The summed E-state index contributed by atoms with van der Waals surface area (Å²) in [6, 6.07) is 12.2. The van der Waals surface area contributed by atoms with Crippen LogP contribution in [0.3, 0.4) is 0 Å². The van der Waals surface area contributed by atoms with E-state index in [1.54, 1.807) is 0 Å². The van der Waals surface area contributed by atoms with Gasteiger partial charge in [-0.05, 0) is 49.1 Å². The lowest BCUT2D eigenvalue weighted by Crippen LogP contribution is -2.07. The van der Waals surface area contributed by atoms with Crippen LogP contribution in [0.4, 0.5) is 11.4 Å². The topological polar surface area (TPSA) is 38.0 Å². The Morgan fingerprint density at radius 2 is 1.84 bits per heavy atom. The molecule has 0 fully saturated rings. The minimum absolute atomic E-state index is 0.601. The molecule has 19 heavy (non-hydrogen) atoms. The summed E-state index contributed by atoms with van der Waals surface area (Å²) in [5.74, 6) is 0. The van der Waals surface area contributed by atoms with Gasteiger partial charge < -0.3 is 11.1 Å². The van der Waals surface area contributed by atoms with E-state index in [0.29, 0.717) is 10.7 Å². The van der Waals surface area contributed by atoms with Gasteiger partial charge in [-0.1, -0.05) is 35.9 Å². The van der Waals surface area contributed by atoms with Crippen LogP contribution < -0.4 is 11.1 Å². The van der Waals surface area contributed by atoms with Crippen LogP contribution in [0, 0.1) is 13.8 Å². The molecule has 100 valence electrons. The summed E-state index contributed by atoms with van der Waals surface area (Å²) in [6.45, 7) is 5.05. The van der Waals surface area contributed by atoms with Crippen LogP contribution in [-0.2, 0) is 6.42 Å². The highest BCUT2D eigenvalue weighted by Gasteiger charge is 2.03. The van der Waals surface area contributed by atoms with E-state index in [1.807, 2.05) is 19.1 Å². The number of nitrogen functional groups attached to an aromatic ring is 1. The van der Waals surface area contributed by atoms with Crippen LogP contribution in [-0.4, -0.2) is 6.54 Å². The maximum atomic E-state index is 6.04. The summed E-state index contributed by atoms with van der Waals surface area (Å²) in [4.78, 5) is 0. The lowest BCUT2D eigenvalue weighted by Gasteiger charge is -2.12. The number of hydrogen-bond donors (Lipinski definition) is 2. The zero-order chi connectivity index (χ0) is 13.8. The Bertz CT molecular complexity index is 579. The molecule has 0 aliphatic carbocycles. The number of benzene rings is 2. The van der Waals surface area contributed by atoms with E-state index in [9.17, 15) is 0 Å². The number of nitrogens with two attached hydrogens (primary N) is 1. The summed E-state index contributed by atoms with van der Waals surface area (Å²) < 4.78 is 0. The first-order valence-electron chi connectivity index (χ1n) is 6.42. The van der Waals surface area contributed by atoms with E-state index in [2.05, 4.69) is 36.5 Å². The standard InChI is InChI=1S/C16H19ClN2/c1-11-5-3-4-6-13(11)7-8-19-16-10-14(17)15(18)9-12(16)2/h3-6,9-10,19H,7-8,18H2,1-2H3. The van der Waals surface area contributed by atoms with Crippen LogP contribution >= 0.6 is 11.6 Å². The molecule has 0 atom stereocenters. The van der Waals surface area contributed by atoms with Crippen molar-refractivity contribution in [2.45, 2.75) is 20.3 Å². The molecule has 0 aromatic heterocycles. The quantitative estimate of drug-likeness (QED) is 0.821. The number of hydrogen-bond acceptors (Lipinski definition) is 2. The lowest BCUT2D eigenvalue weighted by atomic mass is 10.1. The summed E-state index contributed by atoms with van der Waals surface area (Å²) in [5.41, 5.74) is 11.3. The van der Waals surface area contributed by atoms with Gasteiger partial charge in [0.1, 0.15) is 0 Å². The summed E-state index contributed by atoms with van der Waals surface area (Å²) in [7, 11) is 0. The zero-order valence-electron chi connectivity index (χ0n) is 11.3. The third kappa shape index (κ3) is 3.42. The molecule has 0 spiro atoms. The fraction of sp³-hybridized carbons (Fsp3) is 0.250. The molecule has 2 aromatic rings. The van der Waals surface area contributed by atoms with E-state index in [-0.39, 0.29) is 0 Å². The van der Waals surface area contributed by atoms with Gasteiger partial charge in [0.2, 0.25) is 0 Å². The maximum absolute atomic E-state index is 6.04. The average molecular weight is 275 g/mol. The normalized spacial score (nSPS) is 10.5. The predicted octanol–water partition coefficient (Wildman–Crippen LogP) is 4.19. The van der Waals surface area contributed by atoms with Gasteiger partial charge in [-0.15, -0.1) is 0 Å². The predicted molar refractivity (Wildman–Crippen MR) is 84.0 cm³/mol. The highest BCUT2D eigenvalue weighted by atomic mass is 35.5. The molecule has 3 N–H and O–H groups in total. The van der Waals surface area contributed by atoms with Crippen molar-refractivity contribution < 1.29 is 0 Å². The summed E-state index contributed by atoms with van der Waals surface area (Å²) >= 11 is 6.04. The van der Waals surface area contributed by atoms with Gasteiger partial charge in [-0.2, -0.15) is 0 Å². The number of anilines is 2. The van der Waals surface area contributed by atoms with Crippen molar-refractivity contribution in [2.24, 2.45) is 0 Å². The Hall–Kier alpha value is -1.67.